The molecule has 0 bridgehead atoms. The van der Waals surface area contributed by atoms with Gasteiger partial charge in [-0.3, -0.25) is 0 Å². The van der Waals surface area contributed by atoms with Gasteiger partial charge in [0.2, 0.25) is 0 Å². The van der Waals surface area contributed by atoms with Gasteiger partial charge in [0.15, 0.2) is 0 Å². The lowest BCUT2D eigenvalue weighted by molar-refractivity contribution is 0.409. The summed E-state index contributed by atoms with van der Waals surface area (Å²) in [5.74, 6) is -0.891. The summed E-state index contributed by atoms with van der Waals surface area (Å²) in [6.07, 6.45) is 4.14. The van der Waals surface area contributed by atoms with Gasteiger partial charge < -0.3 is 5.73 Å². The normalized spacial score (nSPS) is 17.9. The van der Waals surface area contributed by atoms with E-state index in [1.54, 1.807) is 0 Å². The Morgan fingerprint density at radius 3 is 2.41 bits per heavy atom. The van der Waals surface area contributed by atoms with E-state index in [1.165, 1.54) is 12.1 Å². The first-order valence-corrected chi connectivity index (χ1v) is 6.29. The second-order valence-electron chi connectivity index (χ2n) is 4.33. The van der Waals surface area contributed by atoms with E-state index in [4.69, 9.17) is 5.73 Å². The maximum atomic E-state index is 13.8. The van der Waals surface area contributed by atoms with Crippen LogP contribution in [0, 0.1) is 17.6 Å². The van der Waals surface area contributed by atoms with Gasteiger partial charge in [-0.25, -0.2) is 8.78 Å². The van der Waals surface area contributed by atoms with Crippen molar-refractivity contribution >= 4 is 28.3 Å². The lowest BCUT2D eigenvalue weighted by atomic mass is 9.92. The second kappa shape index (κ2) is 6.12. The Bertz CT molecular complexity index is 394. The Labute approximate surface area is 114 Å². The van der Waals surface area contributed by atoms with Crippen LogP contribution >= 0.6 is 28.3 Å². The van der Waals surface area contributed by atoms with E-state index in [-0.39, 0.29) is 28.4 Å². The summed E-state index contributed by atoms with van der Waals surface area (Å²) in [4.78, 5) is 0. The summed E-state index contributed by atoms with van der Waals surface area (Å²) in [7, 11) is 0. The van der Waals surface area contributed by atoms with E-state index < -0.39 is 17.7 Å². The van der Waals surface area contributed by atoms with Crippen molar-refractivity contribution in [2.75, 3.05) is 0 Å². The summed E-state index contributed by atoms with van der Waals surface area (Å²) >= 11 is 3.06. The summed E-state index contributed by atoms with van der Waals surface area (Å²) < 4.78 is 27.7. The molecule has 0 aromatic heterocycles. The van der Waals surface area contributed by atoms with Crippen molar-refractivity contribution < 1.29 is 8.78 Å². The molecule has 1 fully saturated rings. The van der Waals surface area contributed by atoms with Gasteiger partial charge in [0.25, 0.3) is 0 Å². The first kappa shape index (κ1) is 14.9. The summed E-state index contributed by atoms with van der Waals surface area (Å²) in [6, 6.07) is 2.10. The van der Waals surface area contributed by atoms with Crippen LogP contribution < -0.4 is 5.73 Å². The molecule has 1 nitrogen and oxygen atoms in total. The quantitative estimate of drug-likeness (QED) is 0.804. The number of hydrogen-bond acceptors (Lipinski definition) is 1. The van der Waals surface area contributed by atoms with Crippen LogP contribution in [0.15, 0.2) is 16.6 Å². The Morgan fingerprint density at radius 2 is 1.82 bits per heavy atom. The van der Waals surface area contributed by atoms with Gasteiger partial charge in [0.05, 0.1) is 4.47 Å². The molecule has 2 N–H and O–H groups in total. The molecule has 0 saturated heterocycles. The van der Waals surface area contributed by atoms with E-state index in [1.807, 2.05) is 0 Å². The molecule has 0 amide bonds. The summed E-state index contributed by atoms with van der Waals surface area (Å²) in [6.45, 7) is 0. The first-order valence-electron chi connectivity index (χ1n) is 5.50. The van der Waals surface area contributed by atoms with Crippen LogP contribution in [0.2, 0.25) is 0 Å². The van der Waals surface area contributed by atoms with Gasteiger partial charge in [0.1, 0.15) is 11.6 Å². The van der Waals surface area contributed by atoms with Gasteiger partial charge in [-0.05, 0) is 46.8 Å². The van der Waals surface area contributed by atoms with Crippen LogP contribution in [-0.4, -0.2) is 0 Å². The molecule has 0 radical (unpaired) electrons. The highest BCUT2D eigenvalue weighted by molar-refractivity contribution is 9.10. The molecule has 2 rings (SSSR count). The van der Waals surface area contributed by atoms with Gasteiger partial charge in [0, 0.05) is 11.6 Å². The number of nitrogens with two attached hydrogens (primary N) is 1. The SMILES string of the molecule is Cl.N[C@H](c1c(F)ccc(Br)c1F)C1CCCC1. The first-order chi connectivity index (χ1) is 7.61. The van der Waals surface area contributed by atoms with Crippen molar-refractivity contribution in [2.45, 2.75) is 31.7 Å². The lowest BCUT2D eigenvalue weighted by Gasteiger charge is -2.20. The smallest absolute Gasteiger partial charge is 0.145 e. The van der Waals surface area contributed by atoms with Crippen molar-refractivity contribution in [2.24, 2.45) is 11.7 Å². The van der Waals surface area contributed by atoms with Gasteiger partial charge >= 0.3 is 0 Å². The third-order valence-electron chi connectivity index (χ3n) is 3.32. The summed E-state index contributed by atoms with van der Waals surface area (Å²) in [5, 5.41) is 0. The second-order valence-corrected chi connectivity index (χ2v) is 5.18. The van der Waals surface area contributed by atoms with E-state index >= 15 is 0 Å². The molecule has 1 saturated carbocycles. The topological polar surface area (TPSA) is 26.0 Å². The third kappa shape index (κ3) is 2.98. The standard InChI is InChI=1S/C12H14BrF2N.ClH/c13-8-5-6-9(14)10(11(8)15)12(16)7-3-1-2-4-7;/h5-7,12H,1-4,16H2;1H/t12-;/m0./s1. The van der Waals surface area contributed by atoms with Crippen LogP contribution in [0.25, 0.3) is 0 Å². The molecular weight excluding hydrogens is 311 g/mol. The van der Waals surface area contributed by atoms with E-state index in [0.717, 1.165) is 25.7 Å². The molecule has 5 heteroatoms. The number of rotatable bonds is 2. The third-order valence-corrected chi connectivity index (χ3v) is 3.93. The highest BCUT2D eigenvalue weighted by Gasteiger charge is 2.28. The molecule has 17 heavy (non-hydrogen) atoms. The lowest BCUT2D eigenvalue weighted by Crippen LogP contribution is -2.22. The molecule has 1 aromatic carbocycles. The molecule has 0 spiro atoms. The fourth-order valence-electron chi connectivity index (χ4n) is 2.40. The molecular formula is C12H15BrClF2N. The number of hydrogen-bond donors (Lipinski definition) is 1. The van der Waals surface area contributed by atoms with Crippen LogP contribution in [0.4, 0.5) is 8.78 Å². The zero-order valence-electron chi connectivity index (χ0n) is 9.26. The highest BCUT2D eigenvalue weighted by Crippen LogP contribution is 2.37. The average molecular weight is 327 g/mol. The molecule has 1 atom stereocenters. The molecule has 1 aliphatic rings. The van der Waals surface area contributed by atoms with Gasteiger partial charge in [-0.1, -0.05) is 12.8 Å². The van der Waals surface area contributed by atoms with Gasteiger partial charge in [-0.2, -0.15) is 0 Å². The minimum Gasteiger partial charge on any atom is -0.324 e. The molecule has 96 valence electrons. The molecule has 1 aromatic rings. The maximum absolute atomic E-state index is 13.8. The zero-order chi connectivity index (χ0) is 11.7. The molecule has 1 aliphatic carbocycles. The van der Waals surface area contributed by atoms with Crippen molar-refractivity contribution in [3.05, 3.63) is 33.8 Å². The van der Waals surface area contributed by atoms with Crippen LogP contribution in [0.5, 0.6) is 0 Å². The number of halogens is 4. The predicted octanol–water partition coefficient (Wildman–Crippen LogP) is 4.34. The van der Waals surface area contributed by atoms with Crippen LogP contribution in [0.3, 0.4) is 0 Å². The molecule has 0 heterocycles. The largest absolute Gasteiger partial charge is 0.324 e. The Kier molecular flexibility index (Phi) is 5.35. The zero-order valence-corrected chi connectivity index (χ0v) is 11.7. The average Bonchev–Trinajstić information content (AvgIpc) is 2.77. The van der Waals surface area contributed by atoms with E-state index in [2.05, 4.69) is 15.9 Å². The highest BCUT2D eigenvalue weighted by atomic mass is 79.9. The Hall–Kier alpha value is -0.190. The van der Waals surface area contributed by atoms with Crippen molar-refractivity contribution in [3.63, 3.8) is 0 Å². The van der Waals surface area contributed by atoms with Crippen molar-refractivity contribution in [1.29, 1.82) is 0 Å². The maximum Gasteiger partial charge on any atom is 0.145 e. The fourth-order valence-corrected chi connectivity index (χ4v) is 2.75. The minimum absolute atomic E-state index is 0. The van der Waals surface area contributed by atoms with E-state index in [9.17, 15) is 8.78 Å². The number of benzene rings is 1. The Morgan fingerprint density at radius 1 is 1.24 bits per heavy atom. The van der Waals surface area contributed by atoms with Crippen LogP contribution in [-0.2, 0) is 0 Å². The summed E-state index contributed by atoms with van der Waals surface area (Å²) in [5.41, 5.74) is 6.00. The monoisotopic (exact) mass is 325 g/mol. The van der Waals surface area contributed by atoms with Crippen molar-refractivity contribution in [3.8, 4) is 0 Å². The van der Waals surface area contributed by atoms with Gasteiger partial charge in [-0.15, -0.1) is 12.4 Å². The van der Waals surface area contributed by atoms with Crippen molar-refractivity contribution in [1.82, 2.24) is 0 Å². The molecule has 0 aliphatic heterocycles. The van der Waals surface area contributed by atoms with Crippen LogP contribution in [0.1, 0.15) is 37.3 Å². The molecule has 0 unspecified atom stereocenters. The van der Waals surface area contributed by atoms with E-state index in [0.29, 0.717) is 0 Å². The predicted molar refractivity (Wildman–Crippen MR) is 70.2 cm³/mol. The Balaban J connectivity index is 0.00000144. The fraction of sp³-hybridized carbons (Fsp3) is 0.500. The minimum atomic E-state index is -0.556.